The molecule has 4 aromatic rings. The summed E-state index contributed by atoms with van der Waals surface area (Å²) in [4.78, 5) is 29.7. The Morgan fingerprint density at radius 3 is 2.50 bits per heavy atom. The van der Waals surface area contributed by atoms with Crippen LogP contribution in [-0.2, 0) is 17.9 Å². The van der Waals surface area contributed by atoms with Crippen molar-refractivity contribution >= 4 is 16.7 Å². The lowest BCUT2D eigenvalue weighted by Gasteiger charge is -2.11. The zero-order chi connectivity index (χ0) is 21.1. The Balaban J connectivity index is 1.58. The number of carbonyl (C=O) groups is 1. The molecule has 8 heteroatoms. The Labute approximate surface area is 172 Å². The maximum Gasteiger partial charge on any atom is 0.359 e. The first-order valence-corrected chi connectivity index (χ1v) is 9.58. The fraction of sp³-hybridized carbons (Fsp3) is 0.227. The molecule has 0 aliphatic heterocycles. The SMILES string of the molecule is CC(C)Cn1nc(C(=O)OCc2nc(-c3ccccc3)no2)c2ccccc2c1=O. The van der Waals surface area contributed by atoms with Crippen LogP contribution < -0.4 is 5.56 Å². The number of benzene rings is 2. The summed E-state index contributed by atoms with van der Waals surface area (Å²) >= 11 is 0. The second-order valence-corrected chi connectivity index (χ2v) is 7.23. The fourth-order valence-electron chi connectivity index (χ4n) is 3.07. The van der Waals surface area contributed by atoms with Gasteiger partial charge in [-0.2, -0.15) is 10.1 Å². The van der Waals surface area contributed by atoms with Gasteiger partial charge in [-0.05, 0) is 12.0 Å². The molecule has 0 aliphatic carbocycles. The van der Waals surface area contributed by atoms with Crippen LogP contribution in [0.25, 0.3) is 22.2 Å². The molecular weight excluding hydrogens is 384 g/mol. The molecule has 152 valence electrons. The number of carbonyl (C=O) groups excluding carboxylic acids is 1. The molecule has 0 atom stereocenters. The molecule has 0 spiro atoms. The van der Waals surface area contributed by atoms with Gasteiger partial charge in [0.1, 0.15) is 0 Å². The molecule has 0 radical (unpaired) electrons. The van der Waals surface area contributed by atoms with E-state index in [1.54, 1.807) is 24.3 Å². The van der Waals surface area contributed by atoms with Crippen molar-refractivity contribution in [3.05, 3.63) is 76.5 Å². The number of esters is 1. The average molecular weight is 404 g/mol. The molecule has 2 aromatic heterocycles. The number of hydrogen-bond donors (Lipinski definition) is 0. The van der Waals surface area contributed by atoms with Crippen molar-refractivity contribution in [3.8, 4) is 11.4 Å². The van der Waals surface area contributed by atoms with E-state index in [1.807, 2.05) is 44.2 Å². The highest BCUT2D eigenvalue weighted by Crippen LogP contribution is 2.17. The molecule has 0 saturated heterocycles. The van der Waals surface area contributed by atoms with Gasteiger partial charge in [0, 0.05) is 17.5 Å². The Kier molecular flexibility index (Phi) is 5.38. The van der Waals surface area contributed by atoms with Crippen LogP contribution in [0.5, 0.6) is 0 Å². The first-order valence-electron chi connectivity index (χ1n) is 9.58. The summed E-state index contributed by atoms with van der Waals surface area (Å²) in [7, 11) is 0. The molecule has 0 bridgehead atoms. The second-order valence-electron chi connectivity index (χ2n) is 7.23. The summed E-state index contributed by atoms with van der Waals surface area (Å²) in [6, 6.07) is 16.2. The molecule has 0 amide bonds. The lowest BCUT2D eigenvalue weighted by Crippen LogP contribution is -2.28. The molecule has 0 saturated carbocycles. The number of rotatable bonds is 6. The zero-order valence-electron chi connectivity index (χ0n) is 16.6. The van der Waals surface area contributed by atoms with Gasteiger partial charge in [0.05, 0.1) is 5.39 Å². The van der Waals surface area contributed by atoms with Gasteiger partial charge in [-0.15, -0.1) is 0 Å². The summed E-state index contributed by atoms with van der Waals surface area (Å²) in [6.45, 7) is 4.15. The largest absolute Gasteiger partial charge is 0.451 e. The van der Waals surface area contributed by atoms with Crippen LogP contribution in [0.3, 0.4) is 0 Å². The van der Waals surface area contributed by atoms with Crippen molar-refractivity contribution in [2.45, 2.75) is 27.0 Å². The van der Waals surface area contributed by atoms with E-state index >= 15 is 0 Å². The number of ether oxygens (including phenoxy) is 1. The fourth-order valence-corrected chi connectivity index (χ4v) is 3.07. The summed E-state index contributed by atoms with van der Waals surface area (Å²) in [6.07, 6.45) is 0. The van der Waals surface area contributed by atoms with E-state index in [0.29, 0.717) is 23.1 Å². The lowest BCUT2D eigenvalue weighted by atomic mass is 10.1. The molecule has 2 heterocycles. The monoisotopic (exact) mass is 404 g/mol. The van der Waals surface area contributed by atoms with E-state index in [-0.39, 0.29) is 29.7 Å². The highest BCUT2D eigenvalue weighted by atomic mass is 16.6. The van der Waals surface area contributed by atoms with Crippen LogP contribution in [0.1, 0.15) is 30.2 Å². The third-order valence-corrected chi connectivity index (χ3v) is 4.43. The van der Waals surface area contributed by atoms with Crippen molar-refractivity contribution in [2.75, 3.05) is 0 Å². The minimum absolute atomic E-state index is 0.0775. The van der Waals surface area contributed by atoms with Crippen molar-refractivity contribution in [1.82, 2.24) is 19.9 Å². The minimum atomic E-state index is -0.664. The van der Waals surface area contributed by atoms with Crippen LogP contribution in [0.15, 0.2) is 63.9 Å². The van der Waals surface area contributed by atoms with Crippen molar-refractivity contribution in [2.24, 2.45) is 5.92 Å². The van der Waals surface area contributed by atoms with Gasteiger partial charge in [-0.1, -0.05) is 67.5 Å². The van der Waals surface area contributed by atoms with Crippen LogP contribution in [-0.4, -0.2) is 25.9 Å². The maximum absolute atomic E-state index is 12.8. The predicted octanol–water partition coefficient (Wildman–Crippen LogP) is 3.46. The summed E-state index contributed by atoms with van der Waals surface area (Å²) in [5.41, 5.74) is 0.640. The van der Waals surface area contributed by atoms with Crippen molar-refractivity contribution < 1.29 is 14.1 Å². The van der Waals surface area contributed by atoms with E-state index in [0.717, 1.165) is 5.56 Å². The van der Waals surface area contributed by atoms with Crippen LogP contribution >= 0.6 is 0 Å². The topological polar surface area (TPSA) is 100 Å². The molecule has 0 aliphatic rings. The molecular formula is C22H20N4O4. The molecule has 4 rings (SSSR count). The standard InChI is InChI=1S/C22H20N4O4/c1-14(2)12-26-21(27)17-11-7-6-10-16(17)19(24-26)22(28)29-13-18-23-20(25-30-18)15-8-4-3-5-9-15/h3-11,14H,12-13H2,1-2H3. The quantitative estimate of drug-likeness (QED) is 0.454. The van der Waals surface area contributed by atoms with Crippen LogP contribution in [0, 0.1) is 5.92 Å². The average Bonchev–Trinajstić information content (AvgIpc) is 3.23. The third kappa shape index (κ3) is 3.98. The van der Waals surface area contributed by atoms with Crippen molar-refractivity contribution in [3.63, 3.8) is 0 Å². The van der Waals surface area contributed by atoms with Gasteiger partial charge in [0.2, 0.25) is 5.82 Å². The molecule has 30 heavy (non-hydrogen) atoms. The predicted molar refractivity (Wildman–Crippen MR) is 110 cm³/mol. The Hall–Kier alpha value is -3.81. The molecule has 0 N–H and O–H groups in total. The van der Waals surface area contributed by atoms with E-state index in [4.69, 9.17) is 9.26 Å². The van der Waals surface area contributed by atoms with Gasteiger partial charge in [-0.25, -0.2) is 9.48 Å². The summed E-state index contributed by atoms with van der Waals surface area (Å²) in [5.74, 6) is 0.107. The first kappa shape index (κ1) is 19.5. The van der Waals surface area contributed by atoms with Crippen molar-refractivity contribution in [1.29, 1.82) is 0 Å². The van der Waals surface area contributed by atoms with Crippen LogP contribution in [0.4, 0.5) is 0 Å². The molecule has 0 fully saturated rings. The normalized spacial score (nSPS) is 11.2. The number of nitrogens with zero attached hydrogens (tertiary/aromatic N) is 4. The van der Waals surface area contributed by atoms with E-state index in [1.165, 1.54) is 4.68 Å². The van der Waals surface area contributed by atoms with E-state index in [2.05, 4.69) is 15.2 Å². The molecule has 8 nitrogen and oxygen atoms in total. The molecule has 0 unspecified atom stereocenters. The Morgan fingerprint density at radius 2 is 1.77 bits per heavy atom. The summed E-state index contributed by atoms with van der Waals surface area (Å²) < 4.78 is 11.8. The highest BCUT2D eigenvalue weighted by Gasteiger charge is 2.19. The molecule has 2 aromatic carbocycles. The number of hydrogen-bond acceptors (Lipinski definition) is 7. The van der Waals surface area contributed by atoms with E-state index in [9.17, 15) is 9.59 Å². The van der Waals surface area contributed by atoms with Gasteiger partial charge in [-0.3, -0.25) is 4.79 Å². The lowest BCUT2D eigenvalue weighted by molar-refractivity contribution is 0.0422. The number of aromatic nitrogens is 4. The zero-order valence-corrected chi connectivity index (χ0v) is 16.6. The summed E-state index contributed by atoms with van der Waals surface area (Å²) in [5, 5.41) is 9.04. The highest BCUT2D eigenvalue weighted by molar-refractivity contribution is 6.02. The first-order chi connectivity index (χ1) is 14.5. The maximum atomic E-state index is 12.8. The van der Waals surface area contributed by atoms with E-state index < -0.39 is 5.97 Å². The third-order valence-electron chi connectivity index (χ3n) is 4.43. The van der Waals surface area contributed by atoms with Gasteiger partial charge in [0.15, 0.2) is 12.3 Å². The van der Waals surface area contributed by atoms with Crippen LogP contribution in [0.2, 0.25) is 0 Å². The number of fused-ring (bicyclic) bond motifs is 1. The van der Waals surface area contributed by atoms with Gasteiger partial charge >= 0.3 is 5.97 Å². The second kappa shape index (κ2) is 8.28. The Morgan fingerprint density at radius 1 is 1.07 bits per heavy atom. The van der Waals surface area contributed by atoms with Gasteiger partial charge < -0.3 is 9.26 Å². The smallest absolute Gasteiger partial charge is 0.359 e. The van der Waals surface area contributed by atoms with Gasteiger partial charge in [0.25, 0.3) is 11.4 Å². The Bertz CT molecular complexity index is 1240. The minimum Gasteiger partial charge on any atom is -0.451 e.